The van der Waals surface area contributed by atoms with Crippen LogP contribution >= 0.6 is 0 Å². The highest BCUT2D eigenvalue weighted by atomic mass is 16.5. The number of benzene rings is 2. The van der Waals surface area contributed by atoms with Crippen LogP contribution in [0, 0.1) is 0 Å². The molecule has 154 valence electrons. The molecule has 2 aromatic rings. The van der Waals surface area contributed by atoms with Crippen LogP contribution in [0.15, 0.2) is 48.5 Å². The summed E-state index contributed by atoms with van der Waals surface area (Å²) in [6, 6.07) is 11.1. The Kier molecular flexibility index (Phi) is 5.91. The topological polar surface area (TPSA) is 119 Å². The lowest BCUT2D eigenvalue weighted by Gasteiger charge is -2.20. The predicted molar refractivity (Wildman–Crippen MR) is 104 cm³/mol. The zero-order valence-corrected chi connectivity index (χ0v) is 16.2. The number of hydrogen-bond donors (Lipinski definition) is 1. The van der Waals surface area contributed by atoms with Crippen molar-refractivity contribution in [1.82, 2.24) is 4.90 Å². The summed E-state index contributed by atoms with van der Waals surface area (Å²) in [5.74, 6) is -3.30. The van der Waals surface area contributed by atoms with Gasteiger partial charge in [0.05, 0.1) is 23.8 Å². The molecule has 0 bridgehead atoms. The molecule has 3 amide bonds. The average Bonchev–Trinajstić information content (AvgIpc) is 3.01. The van der Waals surface area contributed by atoms with Gasteiger partial charge in [0.1, 0.15) is 6.04 Å². The molecule has 3 rings (SSSR count). The zero-order chi connectivity index (χ0) is 21.8. The minimum absolute atomic E-state index is 0.213. The highest BCUT2D eigenvalue weighted by Gasteiger charge is 2.41. The standard InChI is InChI=1S/C21H18N2O7/c1-12(23-18(25)15-8-3-4-9-16(15)19(23)26)20(27)30-11-17(24)22-14-7-5-6-13(10-14)21(28)29-2/h3-10,12H,11H2,1-2H3,(H,22,24). The molecule has 1 atom stereocenters. The maximum atomic E-state index is 12.4. The molecule has 0 radical (unpaired) electrons. The van der Waals surface area contributed by atoms with Gasteiger partial charge in [-0.2, -0.15) is 0 Å². The van der Waals surface area contributed by atoms with E-state index in [0.717, 1.165) is 4.90 Å². The number of anilines is 1. The Balaban J connectivity index is 1.58. The number of hydrogen-bond acceptors (Lipinski definition) is 7. The second-order valence-electron chi connectivity index (χ2n) is 6.43. The van der Waals surface area contributed by atoms with Crippen LogP contribution in [0.1, 0.15) is 38.0 Å². The van der Waals surface area contributed by atoms with Crippen molar-refractivity contribution < 1.29 is 33.4 Å². The van der Waals surface area contributed by atoms with Gasteiger partial charge in [0.25, 0.3) is 17.7 Å². The van der Waals surface area contributed by atoms with Gasteiger partial charge in [-0.05, 0) is 37.3 Å². The van der Waals surface area contributed by atoms with Crippen molar-refractivity contribution in [3.8, 4) is 0 Å². The van der Waals surface area contributed by atoms with E-state index in [4.69, 9.17) is 4.74 Å². The van der Waals surface area contributed by atoms with Crippen LogP contribution in [0.25, 0.3) is 0 Å². The summed E-state index contributed by atoms with van der Waals surface area (Å²) in [4.78, 5) is 61.6. The van der Waals surface area contributed by atoms with Crippen molar-refractivity contribution in [2.45, 2.75) is 13.0 Å². The number of rotatable bonds is 6. The van der Waals surface area contributed by atoms with E-state index < -0.39 is 42.3 Å². The number of fused-ring (bicyclic) bond motifs is 1. The molecule has 0 spiro atoms. The summed E-state index contributed by atoms with van der Waals surface area (Å²) in [6.07, 6.45) is 0. The molecule has 0 aromatic heterocycles. The Bertz CT molecular complexity index is 1010. The average molecular weight is 410 g/mol. The summed E-state index contributed by atoms with van der Waals surface area (Å²) in [5, 5.41) is 2.49. The number of ether oxygens (including phenoxy) is 2. The molecule has 0 aliphatic carbocycles. The van der Waals surface area contributed by atoms with Gasteiger partial charge in [-0.25, -0.2) is 9.59 Å². The third-order valence-electron chi connectivity index (χ3n) is 4.47. The van der Waals surface area contributed by atoms with Crippen LogP contribution in [0.5, 0.6) is 0 Å². The van der Waals surface area contributed by atoms with Gasteiger partial charge in [-0.15, -0.1) is 0 Å². The Morgan fingerprint density at radius 2 is 1.63 bits per heavy atom. The quantitative estimate of drug-likeness (QED) is 0.568. The molecular formula is C21H18N2O7. The molecule has 1 heterocycles. The van der Waals surface area contributed by atoms with Crippen molar-refractivity contribution >= 4 is 35.3 Å². The van der Waals surface area contributed by atoms with Gasteiger partial charge < -0.3 is 14.8 Å². The van der Waals surface area contributed by atoms with Gasteiger partial charge in [0, 0.05) is 5.69 Å². The molecule has 9 heteroatoms. The van der Waals surface area contributed by atoms with Crippen LogP contribution in [0.3, 0.4) is 0 Å². The van der Waals surface area contributed by atoms with Gasteiger partial charge in [0.2, 0.25) is 0 Å². The lowest BCUT2D eigenvalue weighted by Crippen LogP contribution is -2.44. The van der Waals surface area contributed by atoms with Crippen LogP contribution in [0.4, 0.5) is 5.69 Å². The Morgan fingerprint density at radius 3 is 2.23 bits per heavy atom. The van der Waals surface area contributed by atoms with Gasteiger partial charge >= 0.3 is 11.9 Å². The first kappa shape index (κ1) is 20.7. The van der Waals surface area contributed by atoms with E-state index in [1.165, 1.54) is 38.3 Å². The highest BCUT2D eigenvalue weighted by Crippen LogP contribution is 2.24. The Morgan fingerprint density at radius 1 is 1.00 bits per heavy atom. The maximum absolute atomic E-state index is 12.4. The lowest BCUT2D eigenvalue weighted by atomic mass is 10.1. The second-order valence-corrected chi connectivity index (χ2v) is 6.43. The molecule has 0 saturated heterocycles. The third kappa shape index (κ3) is 4.04. The Hall–Kier alpha value is -4.01. The van der Waals surface area contributed by atoms with E-state index in [1.54, 1.807) is 24.3 Å². The number of nitrogens with one attached hydrogen (secondary N) is 1. The third-order valence-corrected chi connectivity index (χ3v) is 4.47. The van der Waals surface area contributed by atoms with Crippen molar-refractivity contribution in [1.29, 1.82) is 0 Å². The van der Waals surface area contributed by atoms with Crippen LogP contribution in [-0.4, -0.2) is 54.3 Å². The summed E-state index contributed by atoms with van der Waals surface area (Å²) >= 11 is 0. The lowest BCUT2D eigenvalue weighted by molar-refractivity contribution is -0.150. The van der Waals surface area contributed by atoms with Crippen molar-refractivity contribution in [3.63, 3.8) is 0 Å². The maximum Gasteiger partial charge on any atom is 0.337 e. The van der Waals surface area contributed by atoms with Gasteiger partial charge in [0.15, 0.2) is 6.61 Å². The van der Waals surface area contributed by atoms with Crippen LogP contribution in [-0.2, 0) is 19.1 Å². The number of carbonyl (C=O) groups is 5. The Labute approximate surface area is 171 Å². The fraction of sp³-hybridized carbons (Fsp3) is 0.190. The minimum atomic E-state index is -1.20. The van der Waals surface area contributed by atoms with E-state index in [1.807, 2.05) is 0 Å². The van der Waals surface area contributed by atoms with Gasteiger partial charge in [-0.3, -0.25) is 19.3 Å². The molecule has 9 nitrogen and oxygen atoms in total. The van der Waals surface area contributed by atoms with Crippen molar-refractivity contribution in [3.05, 3.63) is 65.2 Å². The number of nitrogens with zero attached hydrogens (tertiary/aromatic N) is 1. The number of amides is 3. The van der Waals surface area contributed by atoms with Crippen molar-refractivity contribution in [2.75, 3.05) is 19.0 Å². The monoisotopic (exact) mass is 410 g/mol. The van der Waals surface area contributed by atoms with E-state index in [-0.39, 0.29) is 16.7 Å². The SMILES string of the molecule is COC(=O)c1cccc(NC(=O)COC(=O)C(C)N2C(=O)c3ccccc3C2=O)c1. The fourth-order valence-electron chi connectivity index (χ4n) is 2.96. The second kappa shape index (κ2) is 8.56. The van der Waals surface area contributed by atoms with Crippen LogP contribution < -0.4 is 5.32 Å². The summed E-state index contributed by atoms with van der Waals surface area (Å²) in [5.41, 5.74) is 0.981. The first-order valence-electron chi connectivity index (χ1n) is 8.95. The molecule has 0 fully saturated rings. The summed E-state index contributed by atoms with van der Waals surface area (Å²) in [6.45, 7) is 0.719. The molecule has 1 aliphatic heterocycles. The molecule has 30 heavy (non-hydrogen) atoms. The largest absolute Gasteiger partial charge is 0.465 e. The fourth-order valence-corrected chi connectivity index (χ4v) is 2.96. The summed E-state index contributed by atoms with van der Waals surface area (Å²) < 4.78 is 9.57. The van der Waals surface area contributed by atoms with E-state index in [2.05, 4.69) is 10.1 Å². The minimum Gasteiger partial charge on any atom is -0.465 e. The summed E-state index contributed by atoms with van der Waals surface area (Å²) in [7, 11) is 1.24. The van der Waals surface area contributed by atoms with E-state index >= 15 is 0 Å². The highest BCUT2D eigenvalue weighted by molar-refractivity contribution is 6.22. The van der Waals surface area contributed by atoms with Crippen molar-refractivity contribution in [2.24, 2.45) is 0 Å². The van der Waals surface area contributed by atoms with Crippen LogP contribution in [0.2, 0.25) is 0 Å². The number of carbonyl (C=O) groups excluding carboxylic acids is 5. The predicted octanol–water partition coefficient (Wildman–Crippen LogP) is 1.64. The smallest absolute Gasteiger partial charge is 0.337 e. The first-order chi connectivity index (χ1) is 14.3. The van der Waals surface area contributed by atoms with Gasteiger partial charge in [-0.1, -0.05) is 18.2 Å². The molecule has 0 saturated carbocycles. The van der Waals surface area contributed by atoms with E-state index in [9.17, 15) is 24.0 Å². The number of methoxy groups -OCH3 is 1. The normalized spacial score (nSPS) is 13.5. The van der Waals surface area contributed by atoms with E-state index in [0.29, 0.717) is 5.69 Å². The first-order valence-corrected chi connectivity index (χ1v) is 8.95. The number of imide groups is 1. The molecular weight excluding hydrogens is 392 g/mol. The number of esters is 2. The molecule has 2 aromatic carbocycles. The zero-order valence-electron chi connectivity index (χ0n) is 16.2. The molecule has 1 N–H and O–H groups in total. The molecule has 1 aliphatic rings. The molecule has 1 unspecified atom stereocenters.